The minimum absolute atomic E-state index is 0.342. The molecule has 4 nitrogen and oxygen atoms in total. The van der Waals surface area contributed by atoms with Crippen molar-refractivity contribution in [1.82, 2.24) is 4.90 Å². The van der Waals surface area contributed by atoms with Crippen LogP contribution < -0.4 is 0 Å². The van der Waals surface area contributed by atoms with Crippen LogP contribution in [0.25, 0.3) is 0 Å². The molecule has 1 aliphatic rings. The fraction of sp³-hybridized carbons (Fsp3) is 0.300. The third-order valence-corrected chi connectivity index (χ3v) is 4.22. The van der Waals surface area contributed by atoms with Gasteiger partial charge in [0.15, 0.2) is 0 Å². The van der Waals surface area contributed by atoms with E-state index in [1.54, 1.807) is 0 Å². The molecule has 4 heteroatoms. The fourth-order valence-electron chi connectivity index (χ4n) is 2.98. The highest BCUT2D eigenvalue weighted by Crippen LogP contribution is 2.25. The molecule has 0 unspecified atom stereocenters. The van der Waals surface area contributed by atoms with E-state index in [9.17, 15) is 4.79 Å². The number of ether oxygens (including phenoxy) is 1. The van der Waals surface area contributed by atoms with E-state index in [2.05, 4.69) is 29.2 Å². The highest BCUT2D eigenvalue weighted by molar-refractivity contribution is 5.97. The first-order valence-corrected chi connectivity index (χ1v) is 8.23. The Morgan fingerprint density at radius 2 is 2.00 bits per heavy atom. The summed E-state index contributed by atoms with van der Waals surface area (Å²) in [6.45, 7) is 3.80. The molecule has 1 aliphatic heterocycles. The number of esters is 1. The van der Waals surface area contributed by atoms with E-state index < -0.39 is 0 Å². The summed E-state index contributed by atoms with van der Waals surface area (Å²) < 4.78 is 4.90. The summed E-state index contributed by atoms with van der Waals surface area (Å²) >= 11 is 0. The summed E-state index contributed by atoms with van der Waals surface area (Å²) in [7, 11) is 1.40. The van der Waals surface area contributed by atoms with E-state index in [1.165, 1.54) is 12.7 Å². The maximum absolute atomic E-state index is 12.0. The van der Waals surface area contributed by atoms with Gasteiger partial charge in [-0.2, -0.15) is 0 Å². The van der Waals surface area contributed by atoms with Gasteiger partial charge in [0.2, 0.25) is 0 Å². The van der Waals surface area contributed by atoms with Crippen molar-refractivity contribution in [2.45, 2.75) is 26.3 Å². The number of aliphatic imine (C=N–C) groups is 1. The average Bonchev–Trinajstić information content (AvgIpc) is 3.03. The molecule has 0 bridgehead atoms. The zero-order chi connectivity index (χ0) is 16.9. The summed E-state index contributed by atoms with van der Waals surface area (Å²) in [6, 6.07) is 16.1. The van der Waals surface area contributed by atoms with Crippen LogP contribution in [-0.4, -0.2) is 30.4 Å². The van der Waals surface area contributed by atoms with Crippen LogP contribution in [0.5, 0.6) is 0 Å². The molecule has 1 heterocycles. The van der Waals surface area contributed by atoms with Crippen LogP contribution in [0.3, 0.4) is 0 Å². The van der Waals surface area contributed by atoms with E-state index in [4.69, 9.17) is 9.73 Å². The molecule has 2 aromatic carbocycles. The lowest BCUT2D eigenvalue weighted by atomic mass is 10.1. The van der Waals surface area contributed by atoms with Crippen LogP contribution in [0.4, 0.5) is 5.69 Å². The molecule has 24 heavy (non-hydrogen) atoms. The summed E-state index contributed by atoms with van der Waals surface area (Å²) in [6.07, 6.45) is 2.02. The molecule has 124 valence electrons. The molecule has 0 atom stereocenters. The van der Waals surface area contributed by atoms with E-state index in [0.717, 1.165) is 37.3 Å². The fourth-order valence-corrected chi connectivity index (χ4v) is 2.98. The molecule has 0 radical (unpaired) electrons. The first kappa shape index (κ1) is 16.2. The second-order valence-corrected chi connectivity index (χ2v) is 6.05. The Kier molecular flexibility index (Phi) is 4.94. The average molecular weight is 322 g/mol. The number of hydrogen-bond donors (Lipinski definition) is 0. The normalized spacial score (nSPS) is 15.8. The lowest BCUT2D eigenvalue weighted by Gasteiger charge is -2.19. The summed E-state index contributed by atoms with van der Waals surface area (Å²) in [5, 5.41) is 0. The van der Waals surface area contributed by atoms with E-state index in [1.807, 2.05) is 31.2 Å². The first-order valence-electron chi connectivity index (χ1n) is 8.23. The Bertz CT molecular complexity index is 753. The van der Waals surface area contributed by atoms with Gasteiger partial charge in [-0.25, -0.2) is 9.79 Å². The summed E-state index contributed by atoms with van der Waals surface area (Å²) in [5.41, 5.74) is 3.50. The zero-order valence-electron chi connectivity index (χ0n) is 14.2. The first-order chi connectivity index (χ1) is 11.7. The van der Waals surface area contributed by atoms with E-state index >= 15 is 0 Å². The molecule has 0 spiro atoms. The van der Waals surface area contributed by atoms with Gasteiger partial charge in [0, 0.05) is 19.5 Å². The summed E-state index contributed by atoms with van der Waals surface area (Å²) in [5.74, 6) is 0.693. The van der Waals surface area contributed by atoms with Crippen molar-refractivity contribution in [3.8, 4) is 0 Å². The van der Waals surface area contributed by atoms with Crippen LogP contribution in [0.15, 0.2) is 53.5 Å². The van der Waals surface area contributed by atoms with Crippen LogP contribution in [0, 0.1) is 6.92 Å². The molecule has 0 N–H and O–H groups in total. The van der Waals surface area contributed by atoms with Crippen molar-refractivity contribution in [2.75, 3.05) is 13.7 Å². The molecular formula is C20H22N2O2. The lowest BCUT2D eigenvalue weighted by molar-refractivity contribution is 0.0601. The van der Waals surface area contributed by atoms with Gasteiger partial charge in [-0.1, -0.05) is 42.0 Å². The molecule has 0 saturated carbocycles. The molecule has 0 amide bonds. The maximum atomic E-state index is 12.0. The molecule has 1 saturated heterocycles. The SMILES string of the molecule is COC(=O)c1cc(C)ccc1N=C1CCCN1Cc1ccccc1. The number of hydrogen-bond acceptors (Lipinski definition) is 3. The van der Waals surface area contributed by atoms with Crippen molar-refractivity contribution < 1.29 is 9.53 Å². The standard InChI is InChI=1S/C20H22N2O2/c1-15-10-11-18(17(13-15)20(23)24-2)21-19-9-6-12-22(19)14-16-7-4-3-5-8-16/h3-5,7-8,10-11,13H,6,9,12,14H2,1-2H3. The Morgan fingerprint density at radius 1 is 1.21 bits per heavy atom. The number of nitrogens with zero attached hydrogens (tertiary/aromatic N) is 2. The smallest absolute Gasteiger partial charge is 0.340 e. The number of amidine groups is 1. The minimum Gasteiger partial charge on any atom is -0.465 e. The molecule has 2 aromatic rings. The number of likely N-dealkylation sites (tertiary alicyclic amines) is 1. The van der Waals surface area contributed by atoms with Gasteiger partial charge < -0.3 is 9.64 Å². The number of rotatable bonds is 4. The summed E-state index contributed by atoms with van der Waals surface area (Å²) in [4.78, 5) is 19.1. The number of carbonyl (C=O) groups excluding carboxylic acids is 1. The third-order valence-electron chi connectivity index (χ3n) is 4.22. The molecule has 1 fully saturated rings. The number of benzene rings is 2. The highest BCUT2D eigenvalue weighted by atomic mass is 16.5. The van der Waals surface area contributed by atoms with Gasteiger partial charge in [0.25, 0.3) is 0 Å². The Hall–Kier alpha value is -2.62. The van der Waals surface area contributed by atoms with Gasteiger partial charge in [-0.3, -0.25) is 0 Å². The second kappa shape index (κ2) is 7.30. The molecule has 3 rings (SSSR count). The Labute approximate surface area is 142 Å². The van der Waals surface area contributed by atoms with E-state index in [-0.39, 0.29) is 5.97 Å². The second-order valence-electron chi connectivity index (χ2n) is 6.05. The molecular weight excluding hydrogens is 300 g/mol. The van der Waals surface area contributed by atoms with E-state index in [0.29, 0.717) is 11.3 Å². The van der Waals surface area contributed by atoms with Gasteiger partial charge in [0.05, 0.1) is 18.4 Å². The topological polar surface area (TPSA) is 41.9 Å². The van der Waals surface area contributed by atoms with Gasteiger partial charge >= 0.3 is 5.97 Å². The maximum Gasteiger partial charge on any atom is 0.340 e. The Balaban J connectivity index is 1.88. The monoisotopic (exact) mass is 322 g/mol. The quantitative estimate of drug-likeness (QED) is 0.796. The van der Waals surface area contributed by atoms with Crippen LogP contribution in [0.1, 0.15) is 34.3 Å². The lowest BCUT2D eigenvalue weighted by Crippen LogP contribution is -2.24. The van der Waals surface area contributed by atoms with Gasteiger partial charge in [-0.05, 0) is 31.0 Å². The molecule has 0 aromatic heterocycles. The van der Waals surface area contributed by atoms with Crippen LogP contribution in [-0.2, 0) is 11.3 Å². The highest BCUT2D eigenvalue weighted by Gasteiger charge is 2.20. The van der Waals surface area contributed by atoms with Crippen molar-refractivity contribution in [3.05, 3.63) is 65.2 Å². The van der Waals surface area contributed by atoms with Crippen molar-refractivity contribution in [3.63, 3.8) is 0 Å². The van der Waals surface area contributed by atoms with Crippen LogP contribution >= 0.6 is 0 Å². The third kappa shape index (κ3) is 3.65. The van der Waals surface area contributed by atoms with Crippen molar-refractivity contribution in [2.24, 2.45) is 4.99 Å². The largest absolute Gasteiger partial charge is 0.465 e. The number of methoxy groups -OCH3 is 1. The van der Waals surface area contributed by atoms with Gasteiger partial charge in [0.1, 0.15) is 5.84 Å². The zero-order valence-corrected chi connectivity index (χ0v) is 14.2. The minimum atomic E-state index is -0.342. The predicted molar refractivity (Wildman–Crippen MR) is 95.7 cm³/mol. The van der Waals surface area contributed by atoms with Crippen molar-refractivity contribution in [1.29, 1.82) is 0 Å². The van der Waals surface area contributed by atoms with Gasteiger partial charge in [-0.15, -0.1) is 0 Å². The number of aryl methyl sites for hydroxylation is 1. The van der Waals surface area contributed by atoms with Crippen LogP contribution in [0.2, 0.25) is 0 Å². The Morgan fingerprint density at radius 3 is 2.75 bits per heavy atom. The van der Waals surface area contributed by atoms with Crippen molar-refractivity contribution >= 4 is 17.5 Å². The predicted octanol–water partition coefficient (Wildman–Crippen LogP) is 4.11. The number of carbonyl (C=O) groups is 1. The molecule has 0 aliphatic carbocycles.